The van der Waals surface area contributed by atoms with Gasteiger partial charge in [-0.3, -0.25) is 0 Å². The number of rotatable bonds is 1. The molecular formula is C5H11Al. The van der Waals surface area contributed by atoms with Gasteiger partial charge in [0, 0.05) is 20.2 Å². The highest BCUT2D eigenvalue weighted by atomic mass is 27.0. The third-order valence-electron chi connectivity index (χ3n) is 0.322. The lowest BCUT2D eigenvalue weighted by Crippen LogP contribution is -1.50. The summed E-state index contributed by atoms with van der Waals surface area (Å²) in [5.74, 6) is 0. The van der Waals surface area contributed by atoms with Gasteiger partial charge in [0.25, 0.3) is 0 Å². The average Bonchev–Trinajstić information content (AvgIpc) is 1.38. The highest BCUT2D eigenvalue weighted by Crippen LogP contribution is 1.80. The molecule has 0 N–H and O–H groups in total. The molecule has 0 aliphatic heterocycles. The van der Waals surface area contributed by atoms with E-state index in [2.05, 4.69) is 6.58 Å². The Labute approximate surface area is 52.7 Å². The fraction of sp³-hybridized carbons (Fsp3) is 0.200. The molecule has 4 radical (unpaired) electrons. The largest absolute Gasteiger partial charge is 0.0988 e. The fourth-order valence-corrected chi connectivity index (χ4v) is 0. The molecule has 0 saturated carbocycles. The van der Waals surface area contributed by atoms with Gasteiger partial charge in [-0.05, 0) is 6.92 Å². The van der Waals surface area contributed by atoms with Crippen LogP contribution in [0.1, 0.15) is 9.78 Å². The summed E-state index contributed by atoms with van der Waals surface area (Å²) >= 11 is 0. The highest BCUT2D eigenvalue weighted by molar-refractivity contribution is 5.75. The van der Waals surface area contributed by atoms with Crippen LogP contribution in [0.2, 0.25) is 0 Å². The second-order valence-corrected chi connectivity index (χ2v) is 0.948. The van der Waals surface area contributed by atoms with Crippen LogP contribution in [0, 0.1) is 6.58 Å². The van der Waals surface area contributed by atoms with E-state index in [-0.39, 0.29) is 20.2 Å². The van der Waals surface area contributed by atoms with Gasteiger partial charge in [0.15, 0.2) is 0 Å². The van der Waals surface area contributed by atoms with Crippen molar-refractivity contribution in [3.05, 3.63) is 24.8 Å². The molecule has 0 bridgehead atoms. The van der Waals surface area contributed by atoms with Crippen LogP contribution in [0.3, 0.4) is 0 Å². The molecule has 1 heteroatoms. The molecule has 0 heterocycles. The molecule has 0 amide bonds. The van der Waals surface area contributed by atoms with Crippen LogP contribution in [-0.2, 0) is 0 Å². The minimum absolute atomic E-state index is 0. The molecule has 34 valence electrons. The molecule has 0 aromatic heterocycles. The van der Waals surface area contributed by atoms with E-state index in [1.54, 1.807) is 13.0 Å². The van der Waals surface area contributed by atoms with Gasteiger partial charge in [0.05, 0.1) is 0 Å². The lowest BCUT2D eigenvalue weighted by molar-refractivity contribution is 1.56. The molecular weight excluding hydrogens is 87.0 g/mol. The van der Waals surface area contributed by atoms with E-state index in [4.69, 9.17) is 6.58 Å². The van der Waals surface area contributed by atoms with Crippen LogP contribution in [0.5, 0.6) is 0 Å². The van der Waals surface area contributed by atoms with E-state index in [1.807, 2.05) is 0 Å². The predicted molar refractivity (Wildman–Crippen MR) is 33.7 cm³/mol. The van der Waals surface area contributed by atoms with E-state index >= 15 is 0 Å². The van der Waals surface area contributed by atoms with Crippen molar-refractivity contribution in [2.24, 2.45) is 0 Å². The standard InChI is InChI=1S/C5H7.Al.2H2/c1-4-5(2)3;;;/h2,4H,1H2,3H3;;2*1H. The van der Waals surface area contributed by atoms with Crippen LogP contribution < -0.4 is 0 Å². The Morgan fingerprint density at radius 2 is 2.17 bits per heavy atom. The molecule has 0 rings (SSSR count). The summed E-state index contributed by atoms with van der Waals surface area (Å²) in [6.45, 7) is 10.3. The Morgan fingerprint density at radius 1 is 2.00 bits per heavy atom. The molecule has 0 unspecified atom stereocenters. The summed E-state index contributed by atoms with van der Waals surface area (Å²) in [7, 11) is 0. The molecule has 0 aromatic rings. The molecule has 0 nitrogen and oxygen atoms in total. The van der Waals surface area contributed by atoms with Gasteiger partial charge in [-0.15, -0.1) is 0 Å². The Morgan fingerprint density at radius 3 is 2.17 bits per heavy atom. The summed E-state index contributed by atoms with van der Waals surface area (Å²) in [5.41, 5.74) is 0.769. The van der Waals surface area contributed by atoms with Crippen molar-refractivity contribution in [1.82, 2.24) is 0 Å². The van der Waals surface area contributed by atoms with Crippen LogP contribution in [0.4, 0.5) is 0 Å². The molecule has 0 aliphatic carbocycles. The molecule has 0 atom stereocenters. The molecule has 0 fully saturated rings. The number of hydrogen-bond donors (Lipinski definition) is 0. The SMILES string of the molecule is [Al].[CH]=C(C)C=C.[HH].[HH]. The summed E-state index contributed by atoms with van der Waals surface area (Å²) in [6, 6.07) is 0. The molecule has 6 heavy (non-hydrogen) atoms. The molecule has 0 aliphatic rings. The maximum atomic E-state index is 5.09. The van der Waals surface area contributed by atoms with Gasteiger partial charge in [0.2, 0.25) is 0 Å². The van der Waals surface area contributed by atoms with Gasteiger partial charge in [0.1, 0.15) is 0 Å². The minimum Gasteiger partial charge on any atom is -0.0988 e. The van der Waals surface area contributed by atoms with Crippen molar-refractivity contribution >= 4 is 17.4 Å². The zero-order valence-corrected chi connectivity index (χ0v) is 5.09. The summed E-state index contributed by atoms with van der Waals surface area (Å²) in [5, 5.41) is 0. The van der Waals surface area contributed by atoms with E-state index in [0.29, 0.717) is 0 Å². The lowest BCUT2D eigenvalue weighted by atomic mass is 10.4. The highest BCUT2D eigenvalue weighted by Gasteiger charge is 1.60. The smallest absolute Gasteiger partial charge is 0 e. The second-order valence-electron chi connectivity index (χ2n) is 0.948. The van der Waals surface area contributed by atoms with Gasteiger partial charge in [-0.2, -0.15) is 0 Å². The summed E-state index contributed by atoms with van der Waals surface area (Å²) in [4.78, 5) is 0. The average molecular weight is 98.1 g/mol. The molecule has 0 saturated heterocycles. The topological polar surface area (TPSA) is 0 Å². The zero-order valence-electron chi connectivity index (χ0n) is 3.94. The fourth-order valence-electron chi connectivity index (χ4n) is 0. The first-order valence-corrected chi connectivity index (χ1v) is 1.49. The monoisotopic (exact) mass is 98.1 g/mol. The first-order chi connectivity index (χ1) is 2.27. The van der Waals surface area contributed by atoms with E-state index in [0.717, 1.165) is 5.57 Å². The van der Waals surface area contributed by atoms with Crippen molar-refractivity contribution in [3.8, 4) is 0 Å². The van der Waals surface area contributed by atoms with E-state index < -0.39 is 0 Å². The number of allylic oxidation sites excluding steroid dienone is 2. The van der Waals surface area contributed by atoms with Crippen LogP contribution in [0.15, 0.2) is 18.2 Å². The van der Waals surface area contributed by atoms with Gasteiger partial charge < -0.3 is 0 Å². The maximum Gasteiger partial charge on any atom is 0 e. The predicted octanol–water partition coefficient (Wildman–Crippen LogP) is 1.66. The first-order valence-electron chi connectivity index (χ1n) is 1.49. The first kappa shape index (κ1) is 9.38. The Bertz CT molecular complexity index is 61.4. The Balaban J connectivity index is -0.0000000267. The van der Waals surface area contributed by atoms with Gasteiger partial charge in [-0.1, -0.05) is 24.8 Å². The van der Waals surface area contributed by atoms with Gasteiger partial charge >= 0.3 is 0 Å². The third-order valence-corrected chi connectivity index (χ3v) is 0.322. The van der Waals surface area contributed by atoms with Crippen LogP contribution in [0.25, 0.3) is 0 Å². The lowest BCUT2D eigenvalue weighted by Gasteiger charge is -1.71. The zero-order chi connectivity index (χ0) is 4.28. The number of hydrogen-bond acceptors (Lipinski definition) is 0. The van der Waals surface area contributed by atoms with E-state index in [9.17, 15) is 0 Å². The van der Waals surface area contributed by atoms with Crippen molar-refractivity contribution in [1.29, 1.82) is 0 Å². The Hall–Kier alpha value is 0.0125. The second kappa shape index (κ2) is 5.01. The van der Waals surface area contributed by atoms with Crippen molar-refractivity contribution in [2.75, 3.05) is 0 Å². The van der Waals surface area contributed by atoms with Crippen molar-refractivity contribution in [3.63, 3.8) is 0 Å². The van der Waals surface area contributed by atoms with Crippen LogP contribution >= 0.6 is 0 Å². The summed E-state index contributed by atoms with van der Waals surface area (Å²) < 4.78 is 0. The normalized spacial score (nSPS) is 5.50. The quantitative estimate of drug-likeness (QED) is 0.345. The van der Waals surface area contributed by atoms with E-state index in [1.165, 1.54) is 0 Å². The molecule has 0 aromatic carbocycles. The minimum atomic E-state index is 0. The van der Waals surface area contributed by atoms with Crippen molar-refractivity contribution < 1.29 is 2.85 Å². The molecule has 0 spiro atoms. The maximum absolute atomic E-state index is 5.09. The van der Waals surface area contributed by atoms with Gasteiger partial charge in [-0.25, -0.2) is 0 Å². The Kier molecular flexibility index (Phi) is 7.84. The summed E-state index contributed by atoms with van der Waals surface area (Å²) in [6.07, 6.45) is 1.61. The van der Waals surface area contributed by atoms with Crippen molar-refractivity contribution in [2.45, 2.75) is 6.92 Å². The third kappa shape index (κ3) is 8.99. The van der Waals surface area contributed by atoms with Crippen LogP contribution in [-0.4, -0.2) is 17.4 Å².